The molecule has 9 heavy (non-hydrogen) atoms. The average Bonchev–Trinajstić information content (AvgIpc) is 2.48. The van der Waals surface area contributed by atoms with Crippen molar-refractivity contribution in [3.63, 3.8) is 0 Å². The van der Waals surface area contributed by atoms with Gasteiger partial charge in [-0.15, -0.1) is 0 Å². The normalized spacial score (nSPS) is 22.1. The Hall–Kier alpha value is -0.370. The van der Waals surface area contributed by atoms with E-state index in [0.717, 1.165) is 12.8 Å². The molecule has 0 aromatic rings. The molecule has 0 aliphatic heterocycles. The molecule has 1 fully saturated rings. The molecule has 0 N–H and O–H groups in total. The van der Waals surface area contributed by atoms with Crippen molar-refractivity contribution in [2.45, 2.75) is 38.4 Å². The summed E-state index contributed by atoms with van der Waals surface area (Å²) in [6, 6.07) is 0. The maximum absolute atomic E-state index is 10.2. The third kappa shape index (κ3) is 1.52. The minimum absolute atomic E-state index is 0.147. The zero-order chi connectivity index (χ0) is 6.91. The molecular weight excluding hydrogens is 116 g/mol. The van der Waals surface area contributed by atoms with Gasteiger partial charge >= 0.3 is 0 Å². The van der Waals surface area contributed by atoms with Crippen molar-refractivity contribution in [3.8, 4) is 0 Å². The first kappa shape index (κ1) is 6.75. The third-order valence-electron chi connectivity index (χ3n) is 1.35. The van der Waals surface area contributed by atoms with E-state index in [1.807, 2.05) is 20.1 Å². The summed E-state index contributed by atoms with van der Waals surface area (Å²) in [5.74, 6) is 0. The van der Waals surface area contributed by atoms with Gasteiger partial charge in [-0.2, -0.15) is 0 Å². The maximum atomic E-state index is 10.2. The summed E-state index contributed by atoms with van der Waals surface area (Å²) in [7, 11) is 0. The van der Waals surface area contributed by atoms with Crippen molar-refractivity contribution in [3.05, 3.63) is 0 Å². The quantitative estimate of drug-likeness (QED) is 0.566. The van der Waals surface area contributed by atoms with Crippen LogP contribution in [0.25, 0.3) is 0 Å². The summed E-state index contributed by atoms with van der Waals surface area (Å²) in [6.07, 6.45) is 3.77. The van der Waals surface area contributed by atoms with E-state index in [-0.39, 0.29) is 6.10 Å². The molecule has 1 rings (SSSR count). The molecule has 1 aliphatic carbocycles. The first-order chi connectivity index (χ1) is 4.18. The number of carbonyl (C=O) groups excluding carboxylic acids is 1. The van der Waals surface area contributed by atoms with Crippen molar-refractivity contribution in [1.82, 2.24) is 0 Å². The van der Waals surface area contributed by atoms with Crippen LogP contribution in [-0.4, -0.2) is 18.0 Å². The monoisotopic (exact) mass is 127 g/mol. The molecule has 2 heteroatoms. The number of rotatable bonds is 3. The summed E-state index contributed by atoms with van der Waals surface area (Å²) in [5, 5.41) is 0. The highest BCUT2D eigenvalue weighted by Crippen LogP contribution is 2.38. The highest BCUT2D eigenvalue weighted by molar-refractivity contribution is 5.67. The lowest BCUT2D eigenvalue weighted by atomic mass is 10.3. The summed E-state index contributed by atoms with van der Waals surface area (Å²) in [5.41, 5.74) is -0.492. The minimum Gasteiger partial charge on any atom is -0.364 e. The first-order valence-corrected chi connectivity index (χ1v) is 3.26. The Morgan fingerprint density at radius 2 is 2.11 bits per heavy atom. The second-order valence-corrected chi connectivity index (χ2v) is 2.76. The van der Waals surface area contributed by atoms with E-state index in [1.54, 1.807) is 0 Å². The summed E-state index contributed by atoms with van der Waals surface area (Å²) >= 11 is 0. The molecule has 1 radical (unpaired) electrons. The van der Waals surface area contributed by atoms with Gasteiger partial charge in [-0.1, -0.05) is 0 Å². The van der Waals surface area contributed by atoms with Crippen molar-refractivity contribution in [2.24, 2.45) is 0 Å². The fraction of sp³-hybridized carbons (Fsp3) is 0.857. The highest BCUT2D eigenvalue weighted by Gasteiger charge is 2.45. The average molecular weight is 127 g/mol. The molecular formula is C7H11O2. The second-order valence-electron chi connectivity index (χ2n) is 2.76. The van der Waals surface area contributed by atoms with Crippen molar-refractivity contribution in [2.75, 3.05) is 0 Å². The lowest BCUT2D eigenvalue weighted by molar-refractivity contribution is 0.0292. The number of hydrogen-bond acceptors (Lipinski definition) is 2. The zero-order valence-corrected chi connectivity index (χ0v) is 5.81. The van der Waals surface area contributed by atoms with E-state index in [4.69, 9.17) is 4.74 Å². The van der Waals surface area contributed by atoms with Gasteiger partial charge in [-0.3, -0.25) is 4.79 Å². The Morgan fingerprint density at radius 3 is 2.22 bits per heavy atom. The Morgan fingerprint density at radius 1 is 1.56 bits per heavy atom. The molecule has 0 spiro atoms. The molecule has 1 aliphatic rings. The molecule has 0 heterocycles. The van der Waals surface area contributed by atoms with Crippen LogP contribution in [0.3, 0.4) is 0 Å². The summed E-state index contributed by atoms with van der Waals surface area (Å²) in [4.78, 5) is 10.2. The van der Waals surface area contributed by atoms with Crippen molar-refractivity contribution < 1.29 is 9.53 Å². The molecule has 0 amide bonds. The molecule has 51 valence electrons. The second kappa shape index (κ2) is 2.10. The molecule has 0 atom stereocenters. The van der Waals surface area contributed by atoms with Gasteiger partial charge in [-0.25, -0.2) is 0 Å². The van der Waals surface area contributed by atoms with E-state index in [2.05, 4.69) is 0 Å². The van der Waals surface area contributed by atoms with E-state index in [1.165, 1.54) is 0 Å². The standard InChI is InChI=1S/C7H11O2/c1-6(2)9-7(5-8)3-4-7/h6H,3-4H2,1-2H3. The number of hydrogen-bond donors (Lipinski definition) is 0. The van der Waals surface area contributed by atoms with E-state index < -0.39 is 5.60 Å². The highest BCUT2D eigenvalue weighted by atomic mass is 16.5. The fourth-order valence-corrected chi connectivity index (χ4v) is 0.809. The predicted molar refractivity (Wildman–Crippen MR) is 33.9 cm³/mol. The molecule has 0 aromatic heterocycles. The molecule has 1 saturated carbocycles. The Balaban J connectivity index is 2.33. The fourth-order valence-electron chi connectivity index (χ4n) is 0.809. The SMILES string of the molecule is CC(C)OC1([C]=O)CC1. The van der Waals surface area contributed by atoms with Gasteiger partial charge in [0.2, 0.25) is 6.29 Å². The lowest BCUT2D eigenvalue weighted by Crippen LogP contribution is -2.20. The van der Waals surface area contributed by atoms with Gasteiger partial charge < -0.3 is 4.74 Å². The summed E-state index contributed by atoms with van der Waals surface area (Å²) in [6.45, 7) is 3.86. The van der Waals surface area contributed by atoms with Crippen molar-refractivity contribution in [1.29, 1.82) is 0 Å². The lowest BCUT2D eigenvalue weighted by Gasteiger charge is -2.10. The topological polar surface area (TPSA) is 26.3 Å². The minimum atomic E-state index is -0.492. The molecule has 0 saturated heterocycles. The molecule has 0 bridgehead atoms. The van der Waals surface area contributed by atoms with Gasteiger partial charge in [0, 0.05) is 0 Å². The van der Waals surface area contributed by atoms with Gasteiger partial charge in [-0.05, 0) is 26.7 Å². The van der Waals surface area contributed by atoms with Crippen LogP contribution in [0.1, 0.15) is 26.7 Å². The van der Waals surface area contributed by atoms with Crippen LogP contribution >= 0.6 is 0 Å². The van der Waals surface area contributed by atoms with E-state index in [9.17, 15) is 4.79 Å². The predicted octanol–water partition coefficient (Wildman–Crippen LogP) is 1.05. The first-order valence-electron chi connectivity index (χ1n) is 3.26. The van der Waals surface area contributed by atoms with Crippen LogP contribution in [0.2, 0.25) is 0 Å². The van der Waals surface area contributed by atoms with Crippen LogP contribution in [0.4, 0.5) is 0 Å². The Bertz CT molecular complexity index is 114. The molecule has 2 nitrogen and oxygen atoms in total. The van der Waals surface area contributed by atoms with Gasteiger partial charge in [0.15, 0.2) is 0 Å². The van der Waals surface area contributed by atoms with Crippen LogP contribution in [0, 0.1) is 0 Å². The van der Waals surface area contributed by atoms with E-state index >= 15 is 0 Å². The molecule has 0 aromatic carbocycles. The van der Waals surface area contributed by atoms with Gasteiger partial charge in [0.05, 0.1) is 6.10 Å². The van der Waals surface area contributed by atoms with Gasteiger partial charge in [0.1, 0.15) is 5.60 Å². The maximum Gasteiger partial charge on any atom is 0.233 e. The van der Waals surface area contributed by atoms with E-state index in [0.29, 0.717) is 0 Å². The Labute approximate surface area is 55.2 Å². The van der Waals surface area contributed by atoms with Crippen LogP contribution in [-0.2, 0) is 9.53 Å². The van der Waals surface area contributed by atoms with Gasteiger partial charge in [0.25, 0.3) is 0 Å². The number of ether oxygens (including phenoxy) is 1. The van der Waals surface area contributed by atoms with Crippen LogP contribution in [0.5, 0.6) is 0 Å². The van der Waals surface area contributed by atoms with Crippen molar-refractivity contribution >= 4 is 6.29 Å². The largest absolute Gasteiger partial charge is 0.364 e. The van der Waals surface area contributed by atoms with Crippen LogP contribution < -0.4 is 0 Å². The van der Waals surface area contributed by atoms with Crippen LogP contribution in [0.15, 0.2) is 0 Å². The smallest absolute Gasteiger partial charge is 0.233 e. The summed E-state index contributed by atoms with van der Waals surface area (Å²) < 4.78 is 5.27. The molecule has 0 unspecified atom stereocenters. The third-order valence-corrected chi connectivity index (χ3v) is 1.35. The Kier molecular flexibility index (Phi) is 1.58. The zero-order valence-electron chi connectivity index (χ0n) is 5.81.